The number of hydrogen-bond acceptors (Lipinski definition) is 8. The Balaban J connectivity index is 0.000000278. The number of halogens is 3. The van der Waals surface area contributed by atoms with Crippen molar-refractivity contribution in [3.05, 3.63) is 12.2 Å². The number of hydrogen-bond donors (Lipinski definition) is 0. The van der Waals surface area contributed by atoms with E-state index in [9.17, 15) is 13.2 Å². The summed E-state index contributed by atoms with van der Waals surface area (Å²) in [6.07, 6.45) is -1.80. The average Bonchev–Trinajstić information content (AvgIpc) is 3.30. The largest absolute Gasteiger partial charge is 0.384 e. The van der Waals surface area contributed by atoms with Gasteiger partial charge >= 0.3 is 0 Å². The number of methoxy groups -OCH3 is 6. The summed E-state index contributed by atoms with van der Waals surface area (Å²) in [5, 5.41) is 0. The fraction of sp³-hybridized carbons (Fsp3) is 0.923. The first-order valence-corrected chi connectivity index (χ1v) is 12.6. The molecule has 1 aliphatic carbocycles. The molecule has 2 saturated heterocycles. The zero-order valence-corrected chi connectivity index (χ0v) is 23.6. The molecule has 2 aliphatic heterocycles. The molecule has 0 aromatic heterocycles. The number of rotatable bonds is 9. The third-order valence-corrected chi connectivity index (χ3v) is 6.77. The molecule has 3 rings (SSSR count). The molecule has 0 spiro atoms. The van der Waals surface area contributed by atoms with Crippen molar-refractivity contribution >= 4 is 0 Å². The second-order valence-electron chi connectivity index (χ2n) is 9.47. The Morgan fingerprint density at radius 2 is 0.973 bits per heavy atom. The van der Waals surface area contributed by atoms with E-state index in [0.717, 1.165) is 0 Å². The molecule has 37 heavy (non-hydrogen) atoms. The predicted molar refractivity (Wildman–Crippen MR) is 133 cm³/mol. The summed E-state index contributed by atoms with van der Waals surface area (Å²) in [4.78, 5) is 0. The SMILES string of the molecule is COC[C@H]1C=C[C@@H](C)[C@H](F)[C@@H]1OC.COC[C@H]1O[C@@H](C)[C@@H](F)[C@@H]1OC.COC[C@H]1O[C@@H](C)[C@H](F)[C@@H]1OC. The van der Waals surface area contributed by atoms with Gasteiger partial charge in [0.2, 0.25) is 0 Å². The number of allylic oxidation sites excluding steroid dienone is 1. The average molecular weight is 545 g/mol. The van der Waals surface area contributed by atoms with Crippen LogP contribution in [0, 0.1) is 11.8 Å². The zero-order chi connectivity index (χ0) is 28.1. The molecular formula is C26H47F3O8. The lowest BCUT2D eigenvalue weighted by Gasteiger charge is -2.32. The van der Waals surface area contributed by atoms with Gasteiger partial charge in [-0.25, -0.2) is 13.2 Å². The van der Waals surface area contributed by atoms with Crippen LogP contribution in [0.3, 0.4) is 0 Å². The smallest absolute Gasteiger partial charge is 0.154 e. The van der Waals surface area contributed by atoms with Gasteiger partial charge in [-0.15, -0.1) is 0 Å². The highest BCUT2D eigenvalue weighted by molar-refractivity contribution is 5.05. The summed E-state index contributed by atoms with van der Waals surface area (Å²) in [7, 11) is 9.26. The monoisotopic (exact) mass is 544 g/mol. The Labute approximate surface area is 220 Å². The Hall–Kier alpha value is -0.790. The van der Waals surface area contributed by atoms with E-state index in [-0.39, 0.29) is 30.1 Å². The summed E-state index contributed by atoms with van der Waals surface area (Å²) < 4.78 is 80.5. The van der Waals surface area contributed by atoms with Crippen molar-refractivity contribution in [2.24, 2.45) is 11.8 Å². The van der Waals surface area contributed by atoms with Crippen molar-refractivity contribution in [2.75, 3.05) is 62.5 Å². The molecule has 0 radical (unpaired) electrons. The van der Waals surface area contributed by atoms with Crippen LogP contribution < -0.4 is 0 Å². The third kappa shape index (κ3) is 9.72. The summed E-state index contributed by atoms with van der Waals surface area (Å²) in [6.45, 7) is 6.53. The maximum Gasteiger partial charge on any atom is 0.154 e. The molecule has 0 aromatic carbocycles. The number of ether oxygens (including phenoxy) is 8. The van der Waals surface area contributed by atoms with E-state index in [4.69, 9.17) is 37.9 Å². The first-order valence-electron chi connectivity index (χ1n) is 12.6. The van der Waals surface area contributed by atoms with Gasteiger partial charge in [0, 0.05) is 54.5 Å². The first-order chi connectivity index (χ1) is 17.6. The van der Waals surface area contributed by atoms with Gasteiger partial charge in [0.15, 0.2) is 12.3 Å². The Morgan fingerprint density at radius 3 is 1.32 bits per heavy atom. The molecule has 11 heteroatoms. The molecule has 0 unspecified atom stereocenters. The fourth-order valence-electron chi connectivity index (χ4n) is 4.68. The second kappa shape index (κ2) is 17.7. The van der Waals surface area contributed by atoms with Gasteiger partial charge < -0.3 is 37.9 Å². The standard InChI is InChI=1S/C10H17FO2.2C8H15FO3/c1-7-4-5-8(6-12-2)10(13-3)9(7)11;2*1-5-7(9)8(11-3)6(12-5)4-10-2/h4-5,7-10H,6H2,1-3H3;2*5-8H,4H2,1-3H3/t7-,8-,9+,10-;5-,6+,7+,8+;5-,6+,7-,8+/m100/s1. The van der Waals surface area contributed by atoms with E-state index in [1.54, 1.807) is 42.3 Å². The van der Waals surface area contributed by atoms with Gasteiger partial charge in [0.05, 0.1) is 38.1 Å². The molecule has 3 aliphatic rings. The van der Waals surface area contributed by atoms with Gasteiger partial charge in [-0.2, -0.15) is 0 Å². The quantitative estimate of drug-likeness (QED) is 0.410. The first kappa shape index (κ1) is 34.2. The maximum absolute atomic E-state index is 13.6. The van der Waals surface area contributed by atoms with Crippen molar-refractivity contribution in [2.45, 2.75) is 82.0 Å². The van der Waals surface area contributed by atoms with Crippen LogP contribution in [0.25, 0.3) is 0 Å². The van der Waals surface area contributed by atoms with Crippen molar-refractivity contribution in [3.63, 3.8) is 0 Å². The molecule has 0 N–H and O–H groups in total. The Kier molecular flexibility index (Phi) is 16.4. The molecule has 220 valence electrons. The van der Waals surface area contributed by atoms with Crippen molar-refractivity contribution < 1.29 is 51.1 Å². The predicted octanol–water partition coefficient (Wildman–Crippen LogP) is 3.35. The number of alkyl halides is 3. The highest BCUT2D eigenvalue weighted by Crippen LogP contribution is 2.28. The van der Waals surface area contributed by atoms with E-state index in [1.807, 2.05) is 19.1 Å². The van der Waals surface area contributed by atoms with Crippen molar-refractivity contribution in [1.82, 2.24) is 0 Å². The summed E-state index contributed by atoms with van der Waals surface area (Å²) in [5.74, 6) is -0.0146. The van der Waals surface area contributed by atoms with Crippen LogP contribution in [0.15, 0.2) is 12.2 Å². The van der Waals surface area contributed by atoms with Crippen LogP contribution in [0.5, 0.6) is 0 Å². The summed E-state index contributed by atoms with van der Waals surface area (Å²) in [5.41, 5.74) is 0. The summed E-state index contributed by atoms with van der Waals surface area (Å²) in [6, 6.07) is 0. The summed E-state index contributed by atoms with van der Waals surface area (Å²) >= 11 is 0. The molecule has 0 aromatic rings. The van der Waals surface area contributed by atoms with Gasteiger partial charge in [-0.1, -0.05) is 19.1 Å². The lowest BCUT2D eigenvalue weighted by molar-refractivity contribution is -0.0416. The van der Waals surface area contributed by atoms with Crippen LogP contribution in [0.2, 0.25) is 0 Å². The minimum atomic E-state index is -1.05. The topological polar surface area (TPSA) is 73.8 Å². The van der Waals surface area contributed by atoms with Crippen LogP contribution in [-0.2, 0) is 37.9 Å². The minimum absolute atomic E-state index is 0.0428. The lowest BCUT2D eigenvalue weighted by atomic mass is 9.85. The highest BCUT2D eigenvalue weighted by Gasteiger charge is 2.43. The molecule has 0 saturated carbocycles. The van der Waals surface area contributed by atoms with E-state index >= 15 is 0 Å². The van der Waals surface area contributed by atoms with Gasteiger partial charge in [-0.3, -0.25) is 0 Å². The zero-order valence-electron chi connectivity index (χ0n) is 23.6. The molecule has 2 fully saturated rings. The minimum Gasteiger partial charge on any atom is -0.384 e. The molecule has 0 amide bonds. The molecule has 2 heterocycles. The Bertz CT molecular complexity index is 599. The van der Waals surface area contributed by atoms with Gasteiger partial charge in [-0.05, 0) is 13.8 Å². The molecule has 0 bridgehead atoms. The van der Waals surface area contributed by atoms with E-state index < -0.39 is 42.9 Å². The van der Waals surface area contributed by atoms with Gasteiger partial charge in [0.1, 0.15) is 30.6 Å². The maximum atomic E-state index is 13.6. The van der Waals surface area contributed by atoms with Crippen molar-refractivity contribution in [1.29, 1.82) is 0 Å². The molecule has 8 nitrogen and oxygen atoms in total. The Morgan fingerprint density at radius 1 is 0.568 bits per heavy atom. The van der Waals surface area contributed by atoms with Crippen LogP contribution in [-0.4, -0.2) is 124 Å². The normalized spacial score (nSPS) is 41.1. The van der Waals surface area contributed by atoms with E-state index in [1.165, 1.54) is 14.2 Å². The van der Waals surface area contributed by atoms with Crippen molar-refractivity contribution in [3.8, 4) is 0 Å². The highest BCUT2D eigenvalue weighted by atomic mass is 19.1. The third-order valence-electron chi connectivity index (χ3n) is 6.77. The molecule has 12 atom stereocenters. The van der Waals surface area contributed by atoms with E-state index in [2.05, 4.69) is 0 Å². The van der Waals surface area contributed by atoms with Crippen LogP contribution in [0.4, 0.5) is 13.2 Å². The second-order valence-corrected chi connectivity index (χ2v) is 9.47. The van der Waals surface area contributed by atoms with Gasteiger partial charge in [0.25, 0.3) is 0 Å². The lowest BCUT2D eigenvalue weighted by Crippen LogP contribution is -2.40. The van der Waals surface area contributed by atoms with Crippen LogP contribution in [0.1, 0.15) is 20.8 Å². The van der Waals surface area contributed by atoms with Crippen LogP contribution >= 0.6 is 0 Å². The molecular weight excluding hydrogens is 497 g/mol. The fourth-order valence-corrected chi connectivity index (χ4v) is 4.68. The van der Waals surface area contributed by atoms with E-state index in [0.29, 0.717) is 19.8 Å².